The van der Waals surface area contributed by atoms with Crippen LogP contribution in [0.5, 0.6) is 0 Å². The molecule has 3 aliphatic rings. The van der Waals surface area contributed by atoms with Crippen molar-refractivity contribution in [1.82, 2.24) is 0 Å². The van der Waals surface area contributed by atoms with Gasteiger partial charge in [-0.1, -0.05) is 30.2 Å². The first-order valence-electron chi connectivity index (χ1n) is 13.9. The lowest BCUT2D eigenvalue weighted by atomic mass is 9.62. The second-order valence-corrected chi connectivity index (χ2v) is 11.8. The molecule has 0 aliphatic heterocycles. The van der Waals surface area contributed by atoms with Crippen LogP contribution in [-0.2, 0) is 28.6 Å². The highest BCUT2D eigenvalue weighted by molar-refractivity contribution is 5.67. The Balaban J connectivity index is 1.81. The molecule has 232 valence electrons. The van der Waals surface area contributed by atoms with E-state index < -0.39 is 65.8 Å². The van der Waals surface area contributed by atoms with Crippen molar-refractivity contribution in [2.24, 2.45) is 17.3 Å². The van der Waals surface area contributed by atoms with Gasteiger partial charge in [0.05, 0.1) is 0 Å². The quantitative estimate of drug-likeness (QED) is 0.174. The van der Waals surface area contributed by atoms with Crippen LogP contribution in [0.2, 0.25) is 0 Å². The minimum absolute atomic E-state index is 0.0184. The predicted molar refractivity (Wildman–Crippen MR) is 135 cm³/mol. The zero-order chi connectivity index (χ0) is 30.8. The lowest BCUT2D eigenvalue weighted by Gasteiger charge is -2.44. The maximum absolute atomic E-state index is 13.8. The summed E-state index contributed by atoms with van der Waals surface area (Å²) in [5, 5.41) is 0. The van der Waals surface area contributed by atoms with E-state index in [2.05, 4.69) is 4.74 Å². The average Bonchev–Trinajstić information content (AvgIpc) is 3.14. The van der Waals surface area contributed by atoms with Crippen molar-refractivity contribution in [3.05, 3.63) is 23.3 Å². The van der Waals surface area contributed by atoms with Crippen LogP contribution in [0, 0.1) is 17.3 Å². The Labute approximate surface area is 235 Å². The minimum atomic E-state index is -5.81. The molecule has 3 rings (SSSR count). The number of halogens is 6. The van der Waals surface area contributed by atoms with Crippen LogP contribution in [0.1, 0.15) is 91.9 Å². The van der Waals surface area contributed by atoms with Crippen LogP contribution < -0.4 is 0 Å². The topological polar surface area (TPSA) is 78.9 Å². The van der Waals surface area contributed by atoms with Gasteiger partial charge in [-0.2, -0.15) is 26.3 Å². The highest BCUT2D eigenvalue weighted by Crippen LogP contribution is 2.60. The molecule has 12 heteroatoms. The van der Waals surface area contributed by atoms with Gasteiger partial charge in [-0.05, 0) is 55.8 Å². The minimum Gasteiger partial charge on any atom is -0.462 e. The summed E-state index contributed by atoms with van der Waals surface area (Å²) in [6, 6.07) is 0. The molecule has 41 heavy (non-hydrogen) atoms. The Morgan fingerprint density at radius 3 is 1.93 bits per heavy atom. The maximum Gasteiger partial charge on any atom is 0.437 e. The van der Waals surface area contributed by atoms with Crippen molar-refractivity contribution >= 4 is 17.9 Å². The van der Waals surface area contributed by atoms with E-state index in [1.165, 1.54) is 13.8 Å². The fraction of sp³-hybridized carbons (Fsp3) is 0.759. The molecule has 0 amide bonds. The SMILES string of the molecule is CC(=O)OC1C/C(=C/C=C2\CCC[C@]3(C)C(CCC(OC(C)=O)(C(F)(F)F)C(F)(F)F)CCC23)C[C@@H](OC(C)=O)C1. The molecule has 0 radical (unpaired) electrons. The second kappa shape index (κ2) is 12.4. The van der Waals surface area contributed by atoms with Gasteiger partial charge in [-0.15, -0.1) is 0 Å². The van der Waals surface area contributed by atoms with Crippen LogP contribution in [0.15, 0.2) is 23.3 Å². The summed E-state index contributed by atoms with van der Waals surface area (Å²) >= 11 is 0. The summed E-state index contributed by atoms with van der Waals surface area (Å²) in [7, 11) is 0. The molecule has 0 saturated heterocycles. The monoisotopic (exact) mass is 596 g/mol. The Bertz CT molecular complexity index is 1020. The number of carbonyl (C=O) groups is 3. The van der Waals surface area contributed by atoms with Gasteiger partial charge in [-0.25, -0.2) is 0 Å². The normalized spacial score (nSPS) is 31.1. The Hall–Kier alpha value is -2.53. The van der Waals surface area contributed by atoms with E-state index in [0.717, 1.165) is 24.0 Å². The first-order valence-corrected chi connectivity index (χ1v) is 13.9. The summed E-state index contributed by atoms with van der Waals surface area (Å²) in [6.45, 7) is 5.08. The van der Waals surface area contributed by atoms with Gasteiger partial charge in [0, 0.05) is 46.5 Å². The highest BCUT2D eigenvalue weighted by atomic mass is 19.4. The number of hydrogen-bond donors (Lipinski definition) is 0. The number of fused-ring (bicyclic) bond motifs is 1. The zero-order valence-electron chi connectivity index (χ0n) is 23.8. The Morgan fingerprint density at radius 1 is 0.878 bits per heavy atom. The standard InChI is InChI=1S/C29H38F6O6/c1-17(36)39-23-14-20(15-24(16-23)40-18(2)37)7-8-21-6-5-12-26(4)22(9-10-25(21)26)11-13-27(28(30,31)32,29(33,34)35)41-19(3)38/h7-8,22-25H,5-6,9-16H2,1-4H3/b20-7-,21-8+/t22?,23?,24-,25?,26-/m1/s1. The van der Waals surface area contributed by atoms with Crippen LogP contribution in [0.3, 0.4) is 0 Å². The Kier molecular flexibility index (Phi) is 9.95. The number of alkyl halides is 6. The molecule has 0 heterocycles. The van der Waals surface area contributed by atoms with Crippen LogP contribution >= 0.6 is 0 Å². The molecule has 0 N–H and O–H groups in total. The number of carbonyl (C=O) groups excluding carboxylic acids is 3. The van der Waals surface area contributed by atoms with Crippen LogP contribution in [0.25, 0.3) is 0 Å². The molecule has 0 aromatic rings. The molecule has 3 fully saturated rings. The van der Waals surface area contributed by atoms with Gasteiger partial charge in [0.2, 0.25) is 0 Å². The lowest BCUT2D eigenvalue weighted by molar-refractivity contribution is -0.372. The third-order valence-corrected chi connectivity index (χ3v) is 8.94. The predicted octanol–water partition coefficient (Wildman–Crippen LogP) is 7.31. The first-order chi connectivity index (χ1) is 18.9. The number of ether oxygens (including phenoxy) is 3. The van der Waals surface area contributed by atoms with E-state index in [-0.39, 0.29) is 12.3 Å². The molecular weight excluding hydrogens is 558 g/mol. The van der Waals surface area contributed by atoms with Crippen molar-refractivity contribution in [3.8, 4) is 0 Å². The molecule has 0 aromatic carbocycles. The molecule has 0 spiro atoms. The Morgan fingerprint density at radius 2 is 1.44 bits per heavy atom. The van der Waals surface area contributed by atoms with Gasteiger partial charge < -0.3 is 14.2 Å². The number of rotatable bonds is 7. The van der Waals surface area contributed by atoms with Crippen molar-refractivity contribution in [1.29, 1.82) is 0 Å². The van der Waals surface area contributed by atoms with E-state index in [4.69, 9.17) is 9.47 Å². The lowest BCUT2D eigenvalue weighted by Crippen LogP contribution is -2.59. The zero-order valence-corrected chi connectivity index (χ0v) is 23.8. The van der Waals surface area contributed by atoms with E-state index in [1.807, 2.05) is 19.1 Å². The summed E-state index contributed by atoms with van der Waals surface area (Å²) in [5.41, 5.74) is -3.06. The third kappa shape index (κ3) is 7.46. The van der Waals surface area contributed by atoms with Gasteiger partial charge in [-0.3, -0.25) is 14.4 Å². The number of esters is 3. The maximum atomic E-state index is 13.8. The van der Waals surface area contributed by atoms with Gasteiger partial charge >= 0.3 is 35.9 Å². The van der Waals surface area contributed by atoms with Gasteiger partial charge in [0.25, 0.3) is 0 Å². The van der Waals surface area contributed by atoms with E-state index in [0.29, 0.717) is 45.4 Å². The first kappa shape index (κ1) is 33.0. The molecule has 3 saturated carbocycles. The largest absolute Gasteiger partial charge is 0.462 e. The summed E-state index contributed by atoms with van der Waals surface area (Å²) < 4.78 is 97.6. The number of hydrogen-bond acceptors (Lipinski definition) is 6. The van der Waals surface area contributed by atoms with Crippen LogP contribution in [-0.4, -0.2) is 48.1 Å². The second-order valence-electron chi connectivity index (χ2n) is 11.8. The fourth-order valence-corrected chi connectivity index (χ4v) is 7.19. The fourth-order valence-electron chi connectivity index (χ4n) is 7.19. The molecule has 3 unspecified atom stereocenters. The third-order valence-electron chi connectivity index (χ3n) is 8.94. The van der Waals surface area contributed by atoms with Gasteiger partial charge in [0.15, 0.2) is 0 Å². The average molecular weight is 597 g/mol. The summed E-state index contributed by atoms with van der Waals surface area (Å²) in [4.78, 5) is 34.4. The van der Waals surface area contributed by atoms with E-state index in [1.54, 1.807) is 0 Å². The molecule has 5 atom stereocenters. The molecular formula is C29H38F6O6. The smallest absolute Gasteiger partial charge is 0.437 e. The molecule has 0 aromatic heterocycles. The van der Waals surface area contributed by atoms with E-state index >= 15 is 0 Å². The summed E-state index contributed by atoms with van der Waals surface area (Å²) in [5.74, 6) is -2.95. The van der Waals surface area contributed by atoms with Gasteiger partial charge in [0.1, 0.15) is 12.2 Å². The van der Waals surface area contributed by atoms with Crippen molar-refractivity contribution in [2.45, 2.75) is 122 Å². The number of allylic oxidation sites excluding steroid dienone is 3. The molecule has 3 aliphatic carbocycles. The van der Waals surface area contributed by atoms with Crippen LogP contribution in [0.4, 0.5) is 26.3 Å². The van der Waals surface area contributed by atoms with Crippen molar-refractivity contribution in [3.63, 3.8) is 0 Å². The van der Waals surface area contributed by atoms with E-state index in [9.17, 15) is 40.7 Å². The summed E-state index contributed by atoms with van der Waals surface area (Å²) in [6.07, 6.45) is -5.83. The molecule has 0 bridgehead atoms. The van der Waals surface area contributed by atoms with Crippen molar-refractivity contribution < 1.29 is 54.9 Å². The molecule has 6 nitrogen and oxygen atoms in total. The van der Waals surface area contributed by atoms with Crippen molar-refractivity contribution in [2.75, 3.05) is 0 Å². The highest BCUT2D eigenvalue weighted by Gasteiger charge is 2.73.